The number of aliphatic hydroxyl groups excluding tert-OH is 3. The van der Waals surface area contributed by atoms with Gasteiger partial charge in [0.2, 0.25) is 0 Å². The predicted octanol–water partition coefficient (Wildman–Crippen LogP) is -1.28. The third kappa shape index (κ3) is 2.67. The molecule has 1 heterocycles. The van der Waals surface area contributed by atoms with Crippen molar-refractivity contribution in [3.8, 4) is 0 Å². The van der Waals surface area contributed by atoms with Gasteiger partial charge >= 0.3 is 5.97 Å². The number of methoxy groups -OCH3 is 1. The van der Waals surface area contributed by atoms with Crippen molar-refractivity contribution in [2.75, 3.05) is 12.9 Å². The van der Waals surface area contributed by atoms with Gasteiger partial charge in [-0.3, -0.25) is 0 Å². The van der Waals surface area contributed by atoms with Crippen LogP contribution in [0.15, 0.2) is 0 Å². The maximum atomic E-state index is 11.3. The van der Waals surface area contributed by atoms with Gasteiger partial charge in [-0.2, -0.15) is 0 Å². The third-order valence-corrected chi connectivity index (χ3v) is 3.39. The lowest BCUT2D eigenvalue weighted by atomic mass is 10.00. The summed E-state index contributed by atoms with van der Waals surface area (Å²) >= 11 is 1.25. The second-order valence-corrected chi connectivity index (χ2v) is 4.75. The Balaban J connectivity index is 2.76. The highest BCUT2D eigenvalue weighted by atomic mass is 32.2. The van der Waals surface area contributed by atoms with Crippen molar-refractivity contribution in [1.29, 1.82) is 0 Å². The Labute approximate surface area is 97.5 Å². The van der Waals surface area contributed by atoms with Crippen molar-refractivity contribution in [2.45, 2.75) is 36.8 Å². The second kappa shape index (κ2) is 5.83. The molecule has 1 saturated heterocycles. The summed E-state index contributed by atoms with van der Waals surface area (Å²) in [5.74, 6) is -0.113. The van der Waals surface area contributed by atoms with Crippen LogP contribution in [0.25, 0.3) is 0 Å². The van der Waals surface area contributed by atoms with Crippen LogP contribution in [0.2, 0.25) is 0 Å². The molecule has 0 radical (unpaired) electrons. The van der Waals surface area contributed by atoms with E-state index in [2.05, 4.69) is 4.74 Å². The summed E-state index contributed by atoms with van der Waals surface area (Å²) in [5.41, 5.74) is -0.743. The summed E-state index contributed by atoms with van der Waals surface area (Å²) in [7, 11) is 1.16. The highest BCUT2D eigenvalue weighted by Crippen LogP contribution is 2.28. The quantitative estimate of drug-likeness (QED) is 0.538. The number of rotatable bonds is 3. The molecule has 0 spiro atoms. The number of carbonyl (C=O) groups is 1. The molecule has 94 valence electrons. The number of thioether (sulfide) groups is 1. The van der Waals surface area contributed by atoms with E-state index in [1.54, 1.807) is 0 Å². The minimum atomic E-state index is -1.48. The lowest BCUT2D eigenvalue weighted by Crippen LogP contribution is -2.59. The van der Waals surface area contributed by atoms with Crippen molar-refractivity contribution in [1.82, 2.24) is 0 Å². The average molecular weight is 252 g/mol. The van der Waals surface area contributed by atoms with Crippen molar-refractivity contribution >= 4 is 17.7 Å². The van der Waals surface area contributed by atoms with E-state index in [0.29, 0.717) is 5.75 Å². The van der Waals surface area contributed by atoms with Crippen LogP contribution in [0.4, 0.5) is 0 Å². The van der Waals surface area contributed by atoms with Gasteiger partial charge in [-0.05, 0) is 5.75 Å². The van der Waals surface area contributed by atoms with Crippen LogP contribution < -0.4 is 0 Å². The summed E-state index contributed by atoms with van der Waals surface area (Å²) in [6.45, 7) is 1.85. The zero-order chi connectivity index (χ0) is 12.3. The van der Waals surface area contributed by atoms with Crippen LogP contribution in [-0.2, 0) is 14.3 Å². The molecule has 7 heteroatoms. The van der Waals surface area contributed by atoms with Gasteiger partial charge in [0.25, 0.3) is 0 Å². The van der Waals surface area contributed by atoms with Crippen LogP contribution in [0.1, 0.15) is 6.92 Å². The standard InChI is InChI=1S/C9H16O6S/c1-3-16-9-6(12)4(10)5(11)7(15-9)8(13)14-2/h4-7,9-12H,3H2,1-2H3/t4-,5-,6+,7-,9-/m0/s1. The summed E-state index contributed by atoms with van der Waals surface area (Å²) in [6, 6.07) is 0. The Bertz CT molecular complexity index is 248. The molecule has 6 nitrogen and oxygen atoms in total. The van der Waals surface area contributed by atoms with Gasteiger partial charge in [0.15, 0.2) is 6.10 Å². The van der Waals surface area contributed by atoms with E-state index in [1.807, 2.05) is 6.92 Å². The van der Waals surface area contributed by atoms with Crippen LogP contribution in [0, 0.1) is 0 Å². The molecule has 1 fully saturated rings. The van der Waals surface area contributed by atoms with E-state index in [9.17, 15) is 20.1 Å². The van der Waals surface area contributed by atoms with Gasteiger partial charge in [0.1, 0.15) is 23.7 Å². The fourth-order valence-corrected chi connectivity index (χ4v) is 2.35. The summed E-state index contributed by atoms with van der Waals surface area (Å²) in [6.07, 6.45) is -5.37. The molecular weight excluding hydrogens is 236 g/mol. The van der Waals surface area contributed by atoms with Gasteiger partial charge in [0.05, 0.1) is 7.11 Å². The van der Waals surface area contributed by atoms with Gasteiger partial charge in [-0.15, -0.1) is 11.8 Å². The van der Waals surface area contributed by atoms with Crippen molar-refractivity contribution in [2.24, 2.45) is 0 Å². The monoisotopic (exact) mass is 252 g/mol. The zero-order valence-electron chi connectivity index (χ0n) is 9.07. The Morgan fingerprint density at radius 2 is 1.94 bits per heavy atom. The summed E-state index contributed by atoms with van der Waals surface area (Å²) < 4.78 is 9.65. The molecule has 0 saturated carbocycles. The molecule has 16 heavy (non-hydrogen) atoms. The number of esters is 1. The van der Waals surface area contributed by atoms with Crippen molar-refractivity contribution in [3.05, 3.63) is 0 Å². The molecule has 0 aliphatic carbocycles. The van der Waals surface area contributed by atoms with Crippen LogP contribution >= 0.6 is 11.8 Å². The Hall–Kier alpha value is -0.340. The fourth-order valence-electron chi connectivity index (χ4n) is 1.46. The molecule has 0 bridgehead atoms. The Kier molecular flexibility index (Phi) is 5.00. The van der Waals surface area contributed by atoms with Gasteiger partial charge < -0.3 is 24.8 Å². The lowest BCUT2D eigenvalue weighted by molar-refractivity contribution is -0.211. The van der Waals surface area contributed by atoms with Crippen LogP contribution in [0.3, 0.4) is 0 Å². The van der Waals surface area contributed by atoms with E-state index in [1.165, 1.54) is 11.8 Å². The van der Waals surface area contributed by atoms with E-state index in [4.69, 9.17) is 4.74 Å². The van der Waals surface area contributed by atoms with Crippen molar-refractivity contribution < 1.29 is 29.6 Å². The molecule has 0 aromatic heterocycles. The molecule has 5 atom stereocenters. The first-order valence-corrected chi connectivity index (χ1v) is 5.96. The average Bonchev–Trinajstić information content (AvgIpc) is 2.29. The number of hydrogen-bond acceptors (Lipinski definition) is 7. The number of hydrogen-bond donors (Lipinski definition) is 3. The lowest BCUT2D eigenvalue weighted by Gasteiger charge is -2.38. The minimum Gasteiger partial charge on any atom is -0.467 e. The fraction of sp³-hybridized carbons (Fsp3) is 0.889. The summed E-state index contributed by atoms with van der Waals surface area (Å²) in [5, 5.41) is 28.7. The summed E-state index contributed by atoms with van der Waals surface area (Å²) in [4.78, 5) is 11.3. The Morgan fingerprint density at radius 3 is 2.44 bits per heavy atom. The molecule has 1 aliphatic heterocycles. The largest absolute Gasteiger partial charge is 0.467 e. The van der Waals surface area contributed by atoms with E-state index in [0.717, 1.165) is 7.11 Å². The van der Waals surface area contributed by atoms with E-state index in [-0.39, 0.29) is 0 Å². The Morgan fingerprint density at radius 1 is 1.31 bits per heavy atom. The van der Waals surface area contributed by atoms with Gasteiger partial charge in [0, 0.05) is 0 Å². The van der Waals surface area contributed by atoms with Gasteiger partial charge in [-0.25, -0.2) is 4.79 Å². The molecule has 1 rings (SSSR count). The number of carbonyl (C=O) groups excluding carboxylic acids is 1. The van der Waals surface area contributed by atoms with Crippen LogP contribution in [0.5, 0.6) is 0 Å². The molecule has 0 aromatic rings. The SMILES string of the molecule is CCS[C@@H]1O[C@H](C(=O)OC)[C@@H](O)[C@H](O)[C@H]1O. The smallest absolute Gasteiger partial charge is 0.337 e. The highest BCUT2D eigenvalue weighted by Gasteiger charge is 2.47. The molecule has 3 N–H and O–H groups in total. The predicted molar refractivity (Wildman–Crippen MR) is 56.8 cm³/mol. The third-order valence-electron chi connectivity index (χ3n) is 2.33. The van der Waals surface area contributed by atoms with E-state index >= 15 is 0 Å². The molecule has 0 unspecified atom stereocenters. The molecule has 0 aromatic carbocycles. The van der Waals surface area contributed by atoms with Crippen molar-refractivity contribution in [3.63, 3.8) is 0 Å². The minimum absolute atomic E-state index is 0.651. The maximum absolute atomic E-state index is 11.3. The highest BCUT2D eigenvalue weighted by molar-refractivity contribution is 7.99. The first kappa shape index (κ1) is 13.7. The first-order valence-electron chi connectivity index (χ1n) is 4.92. The van der Waals surface area contributed by atoms with Crippen LogP contribution in [-0.4, -0.2) is 64.0 Å². The second-order valence-electron chi connectivity index (χ2n) is 3.38. The number of ether oxygens (including phenoxy) is 2. The first-order chi connectivity index (χ1) is 7.52. The topological polar surface area (TPSA) is 96.2 Å². The zero-order valence-corrected chi connectivity index (χ0v) is 9.88. The maximum Gasteiger partial charge on any atom is 0.337 e. The molecule has 0 amide bonds. The molecule has 1 aliphatic rings. The molecular formula is C9H16O6S. The van der Waals surface area contributed by atoms with E-state index < -0.39 is 35.8 Å². The van der Waals surface area contributed by atoms with Gasteiger partial charge in [-0.1, -0.05) is 6.92 Å². The number of aliphatic hydroxyl groups is 3. The normalized spacial score (nSPS) is 39.4.